The average Bonchev–Trinajstić information content (AvgIpc) is 2.57. The SMILES string of the molecule is CC(=O)c1cc(Cc2ccccc2)cc(CN2CCCCS2(=O)=O)c1. The summed E-state index contributed by atoms with van der Waals surface area (Å²) in [5, 5.41) is 0. The van der Waals surface area contributed by atoms with Gasteiger partial charge in [0.15, 0.2) is 5.78 Å². The molecule has 0 bridgehead atoms. The number of ketones is 1. The van der Waals surface area contributed by atoms with E-state index < -0.39 is 10.0 Å². The van der Waals surface area contributed by atoms with Crippen molar-refractivity contribution in [1.29, 1.82) is 0 Å². The van der Waals surface area contributed by atoms with E-state index in [0.717, 1.165) is 30.4 Å². The Kier molecular flexibility index (Phi) is 5.35. The van der Waals surface area contributed by atoms with Crippen LogP contribution in [0.2, 0.25) is 0 Å². The molecule has 1 saturated heterocycles. The van der Waals surface area contributed by atoms with Crippen molar-refractivity contribution in [3.8, 4) is 0 Å². The standard InChI is InChI=1S/C20H23NO3S/c1-16(22)20-13-18(11-17-7-3-2-4-8-17)12-19(14-20)15-21-9-5-6-10-25(21,23)24/h2-4,7-8,12-14H,5-6,9-11,15H2,1H3. The van der Waals surface area contributed by atoms with E-state index >= 15 is 0 Å². The first kappa shape index (κ1) is 17.8. The predicted molar refractivity (Wildman–Crippen MR) is 99.1 cm³/mol. The van der Waals surface area contributed by atoms with E-state index in [1.165, 1.54) is 5.56 Å². The van der Waals surface area contributed by atoms with Gasteiger partial charge < -0.3 is 0 Å². The van der Waals surface area contributed by atoms with Gasteiger partial charge in [-0.15, -0.1) is 0 Å². The van der Waals surface area contributed by atoms with Crippen molar-refractivity contribution in [2.75, 3.05) is 12.3 Å². The molecule has 1 heterocycles. The van der Waals surface area contributed by atoms with E-state index in [9.17, 15) is 13.2 Å². The second-order valence-corrected chi connectivity index (χ2v) is 8.70. The van der Waals surface area contributed by atoms with E-state index in [0.29, 0.717) is 18.7 Å². The summed E-state index contributed by atoms with van der Waals surface area (Å²) >= 11 is 0. The summed E-state index contributed by atoms with van der Waals surface area (Å²) in [4.78, 5) is 11.9. The predicted octanol–water partition coefficient (Wildman–Crippen LogP) is 3.41. The molecule has 2 aromatic rings. The van der Waals surface area contributed by atoms with Gasteiger partial charge in [-0.2, -0.15) is 4.31 Å². The third-order valence-corrected chi connectivity index (χ3v) is 6.43. The van der Waals surface area contributed by atoms with Gasteiger partial charge in [-0.05, 0) is 55.0 Å². The van der Waals surface area contributed by atoms with Gasteiger partial charge >= 0.3 is 0 Å². The number of carbonyl (C=O) groups is 1. The summed E-state index contributed by atoms with van der Waals surface area (Å²) in [6, 6.07) is 15.8. The van der Waals surface area contributed by atoms with Gasteiger partial charge in [-0.1, -0.05) is 36.4 Å². The lowest BCUT2D eigenvalue weighted by Gasteiger charge is -2.26. The molecule has 5 heteroatoms. The van der Waals surface area contributed by atoms with E-state index in [1.807, 2.05) is 36.4 Å². The van der Waals surface area contributed by atoms with Crippen molar-refractivity contribution >= 4 is 15.8 Å². The Balaban J connectivity index is 1.89. The lowest BCUT2D eigenvalue weighted by Crippen LogP contribution is -2.37. The number of benzene rings is 2. The molecule has 3 rings (SSSR count). The summed E-state index contributed by atoms with van der Waals surface area (Å²) < 4.78 is 26.0. The molecule has 1 aliphatic rings. The number of hydrogen-bond donors (Lipinski definition) is 0. The molecule has 0 aromatic heterocycles. The molecule has 0 atom stereocenters. The molecule has 4 nitrogen and oxygen atoms in total. The topological polar surface area (TPSA) is 54.5 Å². The van der Waals surface area contributed by atoms with Crippen LogP contribution >= 0.6 is 0 Å². The van der Waals surface area contributed by atoms with Crippen LogP contribution in [0.3, 0.4) is 0 Å². The van der Waals surface area contributed by atoms with Crippen molar-refractivity contribution in [2.24, 2.45) is 0 Å². The second-order valence-electron chi connectivity index (χ2n) is 6.61. The van der Waals surface area contributed by atoms with Crippen LogP contribution in [0.4, 0.5) is 0 Å². The van der Waals surface area contributed by atoms with Gasteiger partial charge in [0.25, 0.3) is 0 Å². The highest BCUT2D eigenvalue weighted by Crippen LogP contribution is 2.21. The summed E-state index contributed by atoms with van der Waals surface area (Å²) in [5.74, 6) is 0.216. The highest BCUT2D eigenvalue weighted by molar-refractivity contribution is 7.89. The van der Waals surface area contributed by atoms with Crippen molar-refractivity contribution in [1.82, 2.24) is 4.31 Å². The number of Topliss-reactive ketones (excluding diaryl/α,β-unsaturated/α-hetero) is 1. The smallest absolute Gasteiger partial charge is 0.214 e. The van der Waals surface area contributed by atoms with Crippen LogP contribution in [0.5, 0.6) is 0 Å². The highest BCUT2D eigenvalue weighted by Gasteiger charge is 2.25. The zero-order valence-corrected chi connectivity index (χ0v) is 15.3. The van der Waals surface area contributed by atoms with Crippen LogP contribution < -0.4 is 0 Å². The largest absolute Gasteiger partial charge is 0.295 e. The first-order valence-electron chi connectivity index (χ1n) is 8.59. The third kappa shape index (κ3) is 4.55. The fraction of sp³-hybridized carbons (Fsp3) is 0.350. The molecule has 0 amide bonds. The Labute approximate surface area is 149 Å². The molecular weight excluding hydrogens is 334 g/mol. The normalized spacial score (nSPS) is 17.3. The molecule has 2 aromatic carbocycles. The minimum atomic E-state index is -3.18. The summed E-state index contributed by atoms with van der Waals surface area (Å²) in [5.41, 5.74) is 3.71. The van der Waals surface area contributed by atoms with E-state index in [1.54, 1.807) is 11.2 Å². The van der Waals surface area contributed by atoms with E-state index in [2.05, 4.69) is 12.1 Å². The van der Waals surface area contributed by atoms with Crippen LogP contribution in [0.15, 0.2) is 48.5 Å². The van der Waals surface area contributed by atoms with E-state index in [4.69, 9.17) is 0 Å². The monoisotopic (exact) mass is 357 g/mol. The fourth-order valence-corrected chi connectivity index (χ4v) is 4.79. The number of rotatable bonds is 5. The summed E-state index contributed by atoms with van der Waals surface area (Å²) in [6.07, 6.45) is 2.34. The minimum absolute atomic E-state index is 0.00216. The first-order valence-corrected chi connectivity index (χ1v) is 10.2. The van der Waals surface area contributed by atoms with Crippen molar-refractivity contribution in [2.45, 2.75) is 32.7 Å². The molecule has 0 saturated carbocycles. The van der Waals surface area contributed by atoms with Crippen LogP contribution in [0.25, 0.3) is 0 Å². The number of nitrogens with zero attached hydrogens (tertiary/aromatic N) is 1. The van der Waals surface area contributed by atoms with Crippen LogP contribution in [-0.2, 0) is 23.0 Å². The molecule has 0 spiro atoms. The maximum Gasteiger partial charge on any atom is 0.214 e. The molecule has 25 heavy (non-hydrogen) atoms. The lowest BCUT2D eigenvalue weighted by atomic mass is 9.98. The highest BCUT2D eigenvalue weighted by atomic mass is 32.2. The summed E-state index contributed by atoms with van der Waals surface area (Å²) in [6.45, 7) is 2.44. The van der Waals surface area contributed by atoms with Gasteiger partial charge in [0.1, 0.15) is 0 Å². The molecule has 1 fully saturated rings. The molecule has 0 N–H and O–H groups in total. The molecule has 0 aliphatic carbocycles. The summed E-state index contributed by atoms with van der Waals surface area (Å²) in [7, 11) is -3.18. The van der Waals surface area contributed by atoms with Gasteiger partial charge in [0, 0.05) is 18.7 Å². The molecule has 132 valence electrons. The Bertz CT molecular complexity index is 860. The quantitative estimate of drug-likeness (QED) is 0.771. The van der Waals surface area contributed by atoms with E-state index in [-0.39, 0.29) is 11.5 Å². The van der Waals surface area contributed by atoms with Gasteiger partial charge in [-0.25, -0.2) is 8.42 Å². The van der Waals surface area contributed by atoms with Crippen LogP contribution in [-0.4, -0.2) is 30.8 Å². The zero-order valence-electron chi connectivity index (χ0n) is 14.4. The van der Waals surface area contributed by atoms with Crippen molar-refractivity contribution in [3.05, 3.63) is 70.8 Å². The maximum atomic E-state index is 12.2. The maximum absolute atomic E-state index is 12.2. The van der Waals surface area contributed by atoms with Crippen LogP contribution in [0.1, 0.15) is 46.8 Å². The lowest BCUT2D eigenvalue weighted by molar-refractivity contribution is 0.101. The number of sulfonamides is 1. The Morgan fingerprint density at radius 2 is 1.72 bits per heavy atom. The average molecular weight is 357 g/mol. The Morgan fingerprint density at radius 1 is 1.00 bits per heavy atom. The van der Waals surface area contributed by atoms with Gasteiger partial charge in [-0.3, -0.25) is 4.79 Å². The number of carbonyl (C=O) groups excluding carboxylic acids is 1. The second kappa shape index (κ2) is 7.50. The van der Waals surface area contributed by atoms with Crippen molar-refractivity contribution < 1.29 is 13.2 Å². The van der Waals surface area contributed by atoms with Crippen LogP contribution in [0, 0.1) is 0 Å². The third-order valence-electron chi connectivity index (χ3n) is 4.52. The first-order chi connectivity index (χ1) is 11.9. The van der Waals surface area contributed by atoms with Crippen molar-refractivity contribution in [3.63, 3.8) is 0 Å². The fourth-order valence-electron chi connectivity index (χ4n) is 3.21. The van der Waals surface area contributed by atoms with Gasteiger partial charge in [0.2, 0.25) is 10.0 Å². The Hall–Kier alpha value is -1.98. The zero-order chi connectivity index (χ0) is 17.9. The molecule has 0 radical (unpaired) electrons. The molecule has 1 aliphatic heterocycles. The van der Waals surface area contributed by atoms with Gasteiger partial charge in [0.05, 0.1) is 5.75 Å². The molecular formula is C20H23NO3S. The Morgan fingerprint density at radius 3 is 2.40 bits per heavy atom. The molecule has 0 unspecified atom stereocenters. The minimum Gasteiger partial charge on any atom is -0.295 e. The number of hydrogen-bond acceptors (Lipinski definition) is 3.